The van der Waals surface area contributed by atoms with Crippen LogP contribution in [0.3, 0.4) is 0 Å². The molecule has 2 aromatic carbocycles. The second-order valence-electron chi connectivity index (χ2n) is 11.8. The number of halogens is 3. The van der Waals surface area contributed by atoms with Crippen LogP contribution in [0, 0.1) is 24.0 Å². The Bertz CT molecular complexity index is 1830. The summed E-state index contributed by atoms with van der Waals surface area (Å²) in [6, 6.07) is 5.32. The van der Waals surface area contributed by atoms with Crippen LogP contribution in [0.5, 0.6) is 17.6 Å². The third-order valence-electron chi connectivity index (χ3n) is 9.16. The molecule has 11 heteroatoms. The van der Waals surface area contributed by atoms with Crippen molar-refractivity contribution < 1.29 is 27.8 Å². The third-order valence-corrected chi connectivity index (χ3v) is 9.16. The van der Waals surface area contributed by atoms with E-state index < -0.39 is 23.3 Å². The van der Waals surface area contributed by atoms with Crippen molar-refractivity contribution in [2.45, 2.75) is 50.4 Å². The second kappa shape index (κ2) is 10.2. The first-order chi connectivity index (χ1) is 20.7. The summed E-state index contributed by atoms with van der Waals surface area (Å²) in [6.07, 6.45) is 7.48. The largest absolute Gasteiger partial charge is 0.508 e. The van der Waals surface area contributed by atoms with Gasteiger partial charge in [-0.15, -0.1) is 6.42 Å². The molecule has 1 N–H and O–H groups in total. The molecule has 0 spiro atoms. The van der Waals surface area contributed by atoms with E-state index in [2.05, 4.69) is 25.8 Å². The Balaban J connectivity index is 1.44. The maximum absolute atomic E-state index is 16.7. The molecule has 7 rings (SSSR count). The Kier molecular flexibility index (Phi) is 6.50. The van der Waals surface area contributed by atoms with Gasteiger partial charge >= 0.3 is 6.01 Å². The molecule has 2 fully saturated rings. The number of phenolic OH excluding ortho intramolecular Hbond substituents is 1. The summed E-state index contributed by atoms with van der Waals surface area (Å²) < 4.78 is 58.2. The fraction of sp³-hybridized carbons (Fsp3) is 0.406. The van der Waals surface area contributed by atoms with E-state index in [-0.39, 0.29) is 63.4 Å². The standard InChI is InChI=1S/C32H30F3N5O3/c1-4-21-23(34)7-6-18-12-20(41)13-22(24(18)21)27-26(35)28-25-29(39(3)17(2)8-11-42-30(25)36-27)38-31(37-28)43-16-32-9-5-10-40(32)15-19(33)14-32/h1,6-7,12-13,17,19,41H,5,8-11,14-16H2,2-3H3/t17?,19-,32+/m1/s1. The summed E-state index contributed by atoms with van der Waals surface area (Å²) in [5.74, 6) is 1.17. The van der Waals surface area contributed by atoms with Crippen LogP contribution < -0.4 is 14.4 Å². The van der Waals surface area contributed by atoms with E-state index >= 15 is 4.39 Å². The SMILES string of the molecule is C#Cc1c(F)ccc2cc(O)cc(-c3nc4c5c(nc(OC[C@@]67CCCN6C[C@H](F)C7)nc5c3F)N(C)C(C)CCO4)c12. The highest BCUT2D eigenvalue weighted by molar-refractivity contribution is 6.04. The van der Waals surface area contributed by atoms with E-state index in [1.54, 1.807) is 0 Å². The lowest BCUT2D eigenvalue weighted by Crippen LogP contribution is -2.43. The molecule has 43 heavy (non-hydrogen) atoms. The zero-order valence-corrected chi connectivity index (χ0v) is 23.8. The maximum Gasteiger partial charge on any atom is 0.319 e. The Hall–Kier alpha value is -4.30. The number of anilines is 1. The number of rotatable bonds is 4. The molecule has 222 valence electrons. The highest BCUT2D eigenvalue weighted by Crippen LogP contribution is 2.44. The van der Waals surface area contributed by atoms with Crippen LogP contribution in [0.1, 0.15) is 38.2 Å². The molecule has 3 aliphatic rings. The minimum atomic E-state index is -0.928. The number of hydrogen-bond acceptors (Lipinski definition) is 8. The van der Waals surface area contributed by atoms with E-state index in [0.29, 0.717) is 37.2 Å². The number of pyridine rings is 1. The number of benzene rings is 2. The number of ether oxygens (including phenoxy) is 2. The Labute approximate surface area is 246 Å². The van der Waals surface area contributed by atoms with Gasteiger partial charge in [-0.25, -0.2) is 18.2 Å². The van der Waals surface area contributed by atoms with Gasteiger partial charge in [-0.3, -0.25) is 4.90 Å². The summed E-state index contributed by atoms with van der Waals surface area (Å²) in [4.78, 5) is 17.8. The van der Waals surface area contributed by atoms with Gasteiger partial charge in [-0.05, 0) is 49.9 Å². The molecule has 0 radical (unpaired) electrons. The Morgan fingerprint density at radius 3 is 2.86 bits per heavy atom. The summed E-state index contributed by atoms with van der Waals surface area (Å²) in [5, 5.41) is 11.4. The van der Waals surface area contributed by atoms with Crippen LogP contribution in [0.25, 0.3) is 32.9 Å². The first kappa shape index (κ1) is 27.5. The van der Waals surface area contributed by atoms with Crippen LogP contribution in [0.2, 0.25) is 0 Å². The highest BCUT2D eigenvalue weighted by Gasteiger charge is 2.49. The van der Waals surface area contributed by atoms with Gasteiger partial charge in [0.25, 0.3) is 0 Å². The first-order valence-electron chi connectivity index (χ1n) is 14.4. The van der Waals surface area contributed by atoms with Gasteiger partial charge in [-0.2, -0.15) is 9.97 Å². The fourth-order valence-electron chi connectivity index (χ4n) is 6.83. The number of fused-ring (bicyclic) bond motifs is 2. The minimum absolute atomic E-state index is 0.0101. The van der Waals surface area contributed by atoms with Gasteiger partial charge in [0, 0.05) is 43.4 Å². The molecule has 4 aromatic rings. The quantitative estimate of drug-likeness (QED) is 0.318. The lowest BCUT2D eigenvalue weighted by molar-refractivity contribution is 0.107. The molecule has 0 aliphatic carbocycles. The van der Waals surface area contributed by atoms with Gasteiger partial charge in [0.05, 0.1) is 17.7 Å². The minimum Gasteiger partial charge on any atom is -0.508 e. The van der Waals surface area contributed by atoms with Crippen molar-refractivity contribution in [3.63, 3.8) is 0 Å². The molecule has 0 amide bonds. The Morgan fingerprint density at radius 1 is 1.21 bits per heavy atom. The number of hydrogen-bond donors (Lipinski definition) is 1. The van der Waals surface area contributed by atoms with Crippen LogP contribution in [0.4, 0.5) is 19.0 Å². The van der Waals surface area contributed by atoms with Gasteiger partial charge in [0.15, 0.2) is 5.82 Å². The van der Waals surface area contributed by atoms with Crippen molar-refractivity contribution in [3.05, 3.63) is 41.5 Å². The number of phenols is 1. The molecule has 3 aliphatic heterocycles. The molecule has 5 heterocycles. The van der Waals surface area contributed by atoms with Crippen LogP contribution in [0.15, 0.2) is 24.3 Å². The van der Waals surface area contributed by atoms with Crippen molar-refractivity contribution in [3.8, 4) is 41.2 Å². The number of nitrogens with zero attached hydrogens (tertiary/aromatic N) is 5. The molecule has 3 atom stereocenters. The maximum atomic E-state index is 16.7. The first-order valence-corrected chi connectivity index (χ1v) is 14.4. The molecule has 2 saturated heterocycles. The molecular weight excluding hydrogens is 559 g/mol. The fourth-order valence-corrected chi connectivity index (χ4v) is 6.83. The van der Waals surface area contributed by atoms with Crippen molar-refractivity contribution >= 4 is 27.5 Å². The van der Waals surface area contributed by atoms with Crippen molar-refractivity contribution in [2.24, 2.45) is 0 Å². The lowest BCUT2D eigenvalue weighted by atomic mass is 9.95. The third kappa shape index (κ3) is 4.38. The van der Waals surface area contributed by atoms with Crippen molar-refractivity contribution in [1.82, 2.24) is 19.9 Å². The number of alkyl halides is 1. The molecule has 8 nitrogen and oxygen atoms in total. The van der Waals surface area contributed by atoms with Crippen molar-refractivity contribution in [2.75, 3.05) is 38.3 Å². The van der Waals surface area contributed by atoms with E-state index in [0.717, 1.165) is 19.4 Å². The average molecular weight is 590 g/mol. The topological polar surface area (TPSA) is 83.8 Å². The smallest absolute Gasteiger partial charge is 0.319 e. The Morgan fingerprint density at radius 2 is 2.05 bits per heavy atom. The number of aromatic nitrogens is 3. The lowest BCUT2D eigenvalue weighted by Gasteiger charge is -2.32. The molecule has 2 aromatic heterocycles. The van der Waals surface area contributed by atoms with Gasteiger partial charge in [0.1, 0.15) is 46.8 Å². The summed E-state index contributed by atoms with van der Waals surface area (Å²) in [5.41, 5.74) is -0.759. The zero-order chi connectivity index (χ0) is 30.0. The molecule has 0 bridgehead atoms. The van der Waals surface area contributed by atoms with Gasteiger partial charge < -0.3 is 19.5 Å². The number of terminal acetylenes is 1. The highest BCUT2D eigenvalue weighted by atomic mass is 19.1. The van der Waals surface area contributed by atoms with Crippen molar-refractivity contribution in [1.29, 1.82) is 0 Å². The predicted molar refractivity (Wildman–Crippen MR) is 156 cm³/mol. The van der Waals surface area contributed by atoms with E-state index in [4.69, 9.17) is 15.9 Å². The monoisotopic (exact) mass is 589 g/mol. The predicted octanol–water partition coefficient (Wildman–Crippen LogP) is 5.37. The average Bonchev–Trinajstić information content (AvgIpc) is 3.51. The number of aromatic hydroxyl groups is 1. The molecule has 0 saturated carbocycles. The van der Waals surface area contributed by atoms with E-state index in [1.807, 2.05) is 18.9 Å². The van der Waals surface area contributed by atoms with Gasteiger partial charge in [-0.1, -0.05) is 12.0 Å². The van der Waals surface area contributed by atoms with E-state index in [9.17, 15) is 13.9 Å². The second-order valence-corrected chi connectivity index (χ2v) is 11.8. The normalized spacial score (nSPS) is 23.6. The zero-order valence-electron chi connectivity index (χ0n) is 23.8. The van der Waals surface area contributed by atoms with Crippen LogP contribution in [-0.2, 0) is 0 Å². The summed E-state index contributed by atoms with van der Waals surface area (Å²) in [7, 11) is 1.85. The van der Waals surface area contributed by atoms with Crippen LogP contribution in [-0.4, -0.2) is 76.1 Å². The van der Waals surface area contributed by atoms with Gasteiger partial charge in [0.2, 0.25) is 5.88 Å². The molecule has 1 unspecified atom stereocenters. The summed E-state index contributed by atoms with van der Waals surface area (Å²) in [6.45, 7) is 3.64. The van der Waals surface area contributed by atoms with Crippen LogP contribution >= 0.6 is 0 Å². The van der Waals surface area contributed by atoms with E-state index in [1.165, 1.54) is 24.3 Å². The molecular formula is C32H30F3N5O3. The summed E-state index contributed by atoms with van der Waals surface area (Å²) >= 11 is 0.